The number of rotatable bonds is 3. The van der Waals surface area contributed by atoms with Crippen LogP contribution in [0.4, 0.5) is 0 Å². The predicted molar refractivity (Wildman–Crippen MR) is 73.8 cm³/mol. The lowest BCUT2D eigenvalue weighted by Crippen LogP contribution is -2.59. The molecule has 2 rings (SSSR count). The highest BCUT2D eigenvalue weighted by molar-refractivity contribution is 6.07. The van der Waals surface area contributed by atoms with Crippen molar-refractivity contribution in [2.24, 2.45) is 28.1 Å². The molecule has 1 aliphatic carbocycles. The maximum absolute atomic E-state index is 12.9. The Morgan fingerprint density at radius 2 is 2.11 bits per heavy atom. The number of amides is 1. The van der Waals surface area contributed by atoms with Gasteiger partial charge in [0, 0.05) is 12.6 Å². The van der Waals surface area contributed by atoms with Crippen molar-refractivity contribution in [3.05, 3.63) is 0 Å². The number of likely N-dealkylation sites (tertiary alicyclic amines) is 1. The average Bonchev–Trinajstić information content (AvgIpc) is 2.82. The zero-order valence-electron chi connectivity index (χ0n) is 12.1. The van der Waals surface area contributed by atoms with Crippen LogP contribution in [-0.2, 0) is 4.79 Å². The van der Waals surface area contributed by atoms with Gasteiger partial charge in [0.2, 0.25) is 5.91 Å². The number of nitrogens with zero attached hydrogens (tertiary/aromatic N) is 2. The lowest BCUT2D eigenvalue weighted by atomic mass is 9.61. The monoisotopic (exact) mass is 267 g/mol. The van der Waals surface area contributed by atoms with E-state index in [9.17, 15) is 4.79 Å². The summed E-state index contributed by atoms with van der Waals surface area (Å²) in [5.74, 6) is 1.07. The van der Waals surface area contributed by atoms with E-state index in [2.05, 4.69) is 25.9 Å². The van der Waals surface area contributed by atoms with E-state index in [1.54, 1.807) is 0 Å². The molecule has 0 spiro atoms. The summed E-state index contributed by atoms with van der Waals surface area (Å²) in [4.78, 5) is 14.8. The summed E-state index contributed by atoms with van der Waals surface area (Å²) in [7, 11) is 0. The molecule has 19 heavy (non-hydrogen) atoms. The third kappa shape index (κ3) is 2.19. The van der Waals surface area contributed by atoms with Crippen LogP contribution >= 0.6 is 0 Å². The van der Waals surface area contributed by atoms with Crippen molar-refractivity contribution in [2.75, 3.05) is 6.54 Å². The predicted octanol–water partition coefficient (Wildman–Crippen LogP) is 1.80. The summed E-state index contributed by atoms with van der Waals surface area (Å²) in [6, 6.07) is 0.298. The summed E-state index contributed by atoms with van der Waals surface area (Å²) < 4.78 is 0. The highest BCUT2D eigenvalue weighted by atomic mass is 16.4. The Labute approximate surface area is 114 Å². The van der Waals surface area contributed by atoms with Crippen LogP contribution in [0.25, 0.3) is 0 Å². The lowest BCUT2D eigenvalue weighted by molar-refractivity contribution is -0.146. The van der Waals surface area contributed by atoms with Gasteiger partial charge in [-0.1, -0.05) is 25.9 Å². The van der Waals surface area contributed by atoms with Crippen molar-refractivity contribution in [3.8, 4) is 0 Å². The molecule has 3 N–H and O–H groups in total. The Hall–Kier alpha value is -1.26. The Morgan fingerprint density at radius 1 is 1.47 bits per heavy atom. The number of hydrogen-bond acceptors (Lipinski definition) is 3. The Balaban J connectivity index is 2.22. The SMILES string of the molecule is CC1CC(C(=O)N2CCCC2C(C)C)(C(N)=NO)C1. The molecule has 1 aliphatic heterocycles. The number of nitrogens with two attached hydrogens (primary N) is 1. The molecule has 1 unspecified atom stereocenters. The smallest absolute Gasteiger partial charge is 0.236 e. The average molecular weight is 267 g/mol. The minimum absolute atomic E-state index is 0.0668. The first kappa shape index (κ1) is 14.2. The summed E-state index contributed by atoms with van der Waals surface area (Å²) in [5.41, 5.74) is 5.07. The fraction of sp³-hybridized carbons (Fsp3) is 0.857. The van der Waals surface area contributed by atoms with Crippen LogP contribution < -0.4 is 5.73 Å². The molecule has 1 heterocycles. The second-order valence-electron chi connectivity index (χ2n) is 6.53. The van der Waals surface area contributed by atoms with Crippen LogP contribution in [0.3, 0.4) is 0 Å². The molecule has 108 valence electrons. The van der Waals surface area contributed by atoms with Crippen LogP contribution in [0.15, 0.2) is 5.16 Å². The summed E-state index contributed by atoms with van der Waals surface area (Å²) in [5, 5.41) is 12.1. The van der Waals surface area contributed by atoms with E-state index in [1.807, 2.05) is 4.90 Å². The highest BCUT2D eigenvalue weighted by Gasteiger charge is 2.55. The lowest BCUT2D eigenvalue weighted by Gasteiger charge is -2.47. The van der Waals surface area contributed by atoms with Crippen molar-refractivity contribution in [1.29, 1.82) is 0 Å². The van der Waals surface area contributed by atoms with Crippen molar-refractivity contribution >= 4 is 11.7 Å². The molecule has 5 nitrogen and oxygen atoms in total. The van der Waals surface area contributed by atoms with Gasteiger partial charge in [0.15, 0.2) is 5.84 Å². The molecule has 0 bridgehead atoms. The first-order chi connectivity index (χ1) is 8.92. The molecular formula is C14H25N3O2. The first-order valence-corrected chi connectivity index (χ1v) is 7.21. The Morgan fingerprint density at radius 3 is 2.58 bits per heavy atom. The van der Waals surface area contributed by atoms with Gasteiger partial charge in [0.05, 0.1) is 0 Å². The minimum Gasteiger partial charge on any atom is -0.409 e. The van der Waals surface area contributed by atoms with E-state index in [0.717, 1.165) is 19.4 Å². The van der Waals surface area contributed by atoms with Gasteiger partial charge >= 0.3 is 0 Å². The van der Waals surface area contributed by atoms with E-state index in [-0.39, 0.29) is 11.7 Å². The van der Waals surface area contributed by atoms with Gasteiger partial charge < -0.3 is 15.8 Å². The zero-order valence-corrected chi connectivity index (χ0v) is 12.1. The van der Waals surface area contributed by atoms with Crippen molar-refractivity contribution in [1.82, 2.24) is 4.90 Å². The number of carbonyl (C=O) groups is 1. The van der Waals surface area contributed by atoms with Gasteiger partial charge in [-0.2, -0.15) is 0 Å². The van der Waals surface area contributed by atoms with E-state index >= 15 is 0 Å². The molecule has 2 aliphatic rings. The standard InChI is InChI=1S/C14H25N3O2/c1-9(2)11-5-4-6-17(11)13(18)14(12(15)16-19)7-10(3)8-14/h9-11,19H,4-8H2,1-3H3,(H2,15,16). The maximum Gasteiger partial charge on any atom is 0.236 e. The molecule has 0 radical (unpaired) electrons. The topological polar surface area (TPSA) is 78.9 Å². The van der Waals surface area contributed by atoms with Gasteiger partial charge in [-0.3, -0.25) is 4.79 Å². The largest absolute Gasteiger partial charge is 0.409 e. The number of hydrogen-bond donors (Lipinski definition) is 2. The third-order valence-corrected chi connectivity index (χ3v) is 4.73. The zero-order chi connectivity index (χ0) is 14.2. The molecule has 1 atom stereocenters. The second kappa shape index (κ2) is 5.02. The van der Waals surface area contributed by atoms with Crippen LogP contribution in [0.2, 0.25) is 0 Å². The molecular weight excluding hydrogens is 242 g/mol. The molecule has 2 fully saturated rings. The van der Waals surface area contributed by atoms with Gasteiger partial charge in [-0.15, -0.1) is 0 Å². The number of carbonyl (C=O) groups excluding carboxylic acids is 1. The molecule has 0 aromatic carbocycles. The molecule has 1 saturated carbocycles. The van der Waals surface area contributed by atoms with Crippen LogP contribution in [-0.4, -0.2) is 34.4 Å². The third-order valence-electron chi connectivity index (χ3n) is 4.73. The summed E-state index contributed by atoms with van der Waals surface area (Å²) in [6.07, 6.45) is 3.51. The van der Waals surface area contributed by atoms with Crippen LogP contribution in [0.1, 0.15) is 46.5 Å². The maximum atomic E-state index is 12.9. The fourth-order valence-electron chi connectivity index (χ4n) is 3.73. The molecule has 5 heteroatoms. The van der Waals surface area contributed by atoms with Crippen molar-refractivity contribution in [2.45, 2.75) is 52.5 Å². The van der Waals surface area contributed by atoms with Crippen LogP contribution in [0.5, 0.6) is 0 Å². The molecule has 1 amide bonds. The summed E-state index contributed by atoms with van der Waals surface area (Å²) >= 11 is 0. The highest BCUT2D eigenvalue weighted by Crippen LogP contribution is 2.48. The Bertz CT molecular complexity index is 386. The number of oxime groups is 1. The van der Waals surface area contributed by atoms with E-state index in [0.29, 0.717) is 30.7 Å². The number of amidine groups is 1. The van der Waals surface area contributed by atoms with E-state index in [4.69, 9.17) is 10.9 Å². The minimum atomic E-state index is -0.744. The molecule has 1 saturated heterocycles. The normalized spacial score (nSPS) is 35.6. The fourth-order valence-corrected chi connectivity index (χ4v) is 3.73. The van der Waals surface area contributed by atoms with Crippen molar-refractivity contribution < 1.29 is 10.0 Å². The van der Waals surface area contributed by atoms with E-state index in [1.165, 1.54) is 0 Å². The van der Waals surface area contributed by atoms with E-state index < -0.39 is 5.41 Å². The quantitative estimate of drug-likeness (QED) is 0.354. The second-order valence-corrected chi connectivity index (χ2v) is 6.53. The molecule has 0 aromatic heterocycles. The Kier molecular flexibility index (Phi) is 3.74. The van der Waals surface area contributed by atoms with Gasteiger partial charge in [0.25, 0.3) is 0 Å². The van der Waals surface area contributed by atoms with Gasteiger partial charge in [-0.05, 0) is 37.5 Å². The van der Waals surface area contributed by atoms with Gasteiger partial charge in [0.1, 0.15) is 5.41 Å². The van der Waals surface area contributed by atoms with Gasteiger partial charge in [-0.25, -0.2) is 0 Å². The van der Waals surface area contributed by atoms with Crippen molar-refractivity contribution in [3.63, 3.8) is 0 Å². The first-order valence-electron chi connectivity index (χ1n) is 7.21. The summed E-state index contributed by atoms with van der Waals surface area (Å²) in [6.45, 7) is 7.20. The van der Waals surface area contributed by atoms with Crippen LogP contribution in [0, 0.1) is 17.3 Å². The molecule has 0 aromatic rings.